The van der Waals surface area contributed by atoms with Gasteiger partial charge in [-0.05, 0) is 29.0 Å². The normalized spacial score (nSPS) is 11.7. The number of hydrogen-bond donors (Lipinski definition) is 1. The summed E-state index contributed by atoms with van der Waals surface area (Å²) in [6, 6.07) is 6.08. The molecule has 1 aromatic heterocycles. The van der Waals surface area contributed by atoms with E-state index in [0.29, 0.717) is 6.61 Å². The van der Waals surface area contributed by atoms with E-state index in [0.717, 1.165) is 33.0 Å². The molecule has 21 heavy (non-hydrogen) atoms. The zero-order chi connectivity index (χ0) is 15.5. The molecule has 0 bridgehead atoms. The Morgan fingerprint density at radius 3 is 2.71 bits per heavy atom. The minimum absolute atomic E-state index is 0.0827. The van der Waals surface area contributed by atoms with Crippen LogP contribution in [0, 0.1) is 0 Å². The molecule has 2 rings (SSSR count). The van der Waals surface area contributed by atoms with Crippen molar-refractivity contribution in [2.24, 2.45) is 0 Å². The van der Waals surface area contributed by atoms with Gasteiger partial charge in [0, 0.05) is 22.9 Å². The maximum Gasteiger partial charge on any atom is 0.140 e. The predicted molar refractivity (Wildman–Crippen MR) is 92.1 cm³/mol. The summed E-state index contributed by atoms with van der Waals surface area (Å²) in [4.78, 5) is 4.66. The first kappa shape index (κ1) is 16.5. The quantitative estimate of drug-likeness (QED) is 0.843. The van der Waals surface area contributed by atoms with Crippen molar-refractivity contribution in [3.63, 3.8) is 0 Å². The van der Waals surface area contributed by atoms with Gasteiger partial charge in [-0.1, -0.05) is 32.9 Å². The van der Waals surface area contributed by atoms with Crippen LogP contribution in [0.3, 0.4) is 0 Å². The highest BCUT2D eigenvalue weighted by Gasteiger charge is 2.18. The average Bonchev–Trinajstić information content (AvgIpc) is 2.87. The van der Waals surface area contributed by atoms with E-state index in [4.69, 9.17) is 4.74 Å². The molecule has 0 radical (unpaired) electrons. The van der Waals surface area contributed by atoms with Gasteiger partial charge in [0.05, 0.1) is 10.2 Å². The summed E-state index contributed by atoms with van der Waals surface area (Å²) >= 11 is 5.21. The molecule has 0 aliphatic heterocycles. The van der Waals surface area contributed by atoms with E-state index in [2.05, 4.69) is 58.4 Å². The van der Waals surface area contributed by atoms with Gasteiger partial charge in [-0.25, -0.2) is 4.98 Å². The summed E-state index contributed by atoms with van der Waals surface area (Å²) in [5.41, 5.74) is 2.34. The number of nitrogens with zero attached hydrogens (tertiary/aromatic N) is 1. The predicted octanol–water partition coefficient (Wildman–Crippen LogP) is 4.50. The lowest BCUT2D eigenvalue weighted by atomic mass is 9.93. The van der Waals surface area contributed by atoms with Crippen molar-refractivity contribution >= 4 is 27.3 Å². The molecule has 3 nitrogen and oxygen atoms in total. The Hall–Kier alpha value is -0.910. The molecule has 1 aromatic carbocycles. The third-order valence-corrected chi connectivity index (χ3v) is 4.52. The molecule has 1 heterocycles. The third-order valence-electron chi connectivity index (χ3n) is 3.08. The fourth-order valence-electron chi connectivity index (χ4n) is 1.90. The van der Waals surface area contributed by atoms with E-state index >= 15 is 0 Å². The summed E-state index contributed by atoms with van der Waals surface area (Å²) in [5, 5.41) is 6.28. The summed E-state index contributed by atoms with van der Waals surface area (Å²) < 4.78 is 6.97. The molecule has 0 fully saturated rings. The molecule has 0 saturated carbocycles. The fourth-order valence-corrected chi connectivity index (χ4v) is 3.35. The van der Waals surface area contributed by atoms with Crippen LogP contribution in [0.25, 0.3) is 0 Å². The lowest BCUT2D eigenvalue weighted by molar-refractivity contribution is 0.299. The number of thiazole rings is 1. The summed E-state index contributed by atoms with van der Waals surface area (Å²) in [6.45, 7) is 7.79. The van der Waals surface area contributed by atoms with Crippen LogP contribution in [0.15, 0.2) is 28.1 Å². The van der Waals surface area contributed by atoms with Crippen molar-refractivity contribution in [3.8, 4) is 5.75 Å². The molecule has 114 valence electrons. The van der Waals surface area contributed by atoms with Crippen molar-refractivity contribution < 1.29 is 4.74 Å². The van der Waals surface area contributed by atoms with Gasteiger partial charge in [-0.2, -0.15) is 0 Å². The first-order chi connectivity index (χ1) is 9.91. The van der Waals surface area contributed by atoms with E-state index in [1.54, 1.807) is 11.3 Å². The highest BCUT2D eigenvalue weighted by Crippen LogP contribution is 2.30. The van der Waals surface area contributed by atoms with E-state index in [-0.39, 0.29) is 5.41 Å². The first-order valence-electron chi connectivity index (χ1n) is 6.91. The summed E-state index contributed by atoms with van der Waals surface area (Å²) in [5.74, 6) is 0.888. The van der Waals surface area contributed by atoms with Crippen molar-refractivity contribution in [3.05, 3.63) is 44.3 Å². The maximum atomic E-state index is 5.99. The molecular formula is C16H21BrN2OS. The van der Waals surface area contributed by atoms with Gasteiger partial charge >= 0.3 is 0 Å². The van der Waals surface area contributed by atoms with Crippen molar-refractivity contribution in [2.75, 3.05) is 7.05 Å². The number of benzene rings is 1. The highest BCUT2D eigenvalue weighted by molar-refractivity contribution is 9.10. The molecular weight excluding hydrogens is 348 g/mol. The molecule has 5 heteroatoms. The van der Waals surface area contributed by atoms with E-state index < -0.39 is 0 Å². The van der Waals surface area contributed by atoms with E-state index in [9.17, 15) is 0 Å². The lowest BCUT2D eigenvalue weighted by Gasteiger charge is -2.14. The Kier molecular flexibility index (Phi) is 5.41. The number of para-hydroxylation sites is 1. The molecule has 0 saturated heterocycles. The van der Waals surface area contributed by atoms with Crippen LogP contribution >= 0.6 is 27.3 Å². The molecule has 1 N–H and O–H groups in total. The monoisotopic (exact) mass is 368 g/mol. The van der Waals surface area contributed by atoms with Crippen LogP contribution in [0.4, 0.5) is 0 Å². The largest absolute Gasteiger partial charge is 0.485 e. The maximum absolute atomic E-state index is 5.99. The number of nitrogens with one attached hydrogen (secondary N) is 1. The molecule has 2 aromatic rings. The second kappa shape index (κ2) is 6.90. The SMILES string of the molecule is CNCc1cccc(Br)c1OCc1nc(C(C)(C)C)cs1. The second-order valence-corrected chi connectivity index (χ2v) is 7.72. The standard InChI is InChI=1S/C16H21BrN2OS/c1-16(2,3)13-10-21-14(19-13)9-20-15-11(8-18-4)6-5-7-12(15)17/h5-7,10,18H,8-9H2,1-4H3. The van der Waals surface area contributed by atoms with Gasteiger partial charge in [-0.3, -0.25) is 0 Å². The highest BCUT2D eigenvalue weighted by atomic mass is 79.9. The Morgan fingerprint density at radius 2 is 2.10 bits per heavy atom. The summed E-state index contributed by atoms with van der Waals surface area (Å²) in [7, 11) is 1.93. The zero-order valence-electron chi connectivity index (χ0n) is 12.9. The Balaban J connectivity index is 2.11. The van der Waals surface area contributed by atoms with Crippen molar-refractivity contribution in [1.29, 1.82) is 0 Å². The Morgan fingerprint density at radius 1 is 1.33 bits per heavy atom. The third kappa shape index (κ3) is 4.28. The van der Waals surface area contributed by atoms with Crippen molar-refractivity contribution in [1.82, 2.24) is 10.3 Å². The minimum Gasteiger partial charge on any atom is -0.485 e. The molecule has 0 amide bonds. The van der Waals surface area contributed by atoms with E-state index in [1.165, 1.54) is 0 Å². The minimum atomic E-state index is 0.0827. The van der Waals surface area contributed by atoms with Crippen LogP contribution < -0.4 is 10.1 Å². The second-order valence-electron chi connectivity index (χ2n) is 5.92. The van der Waals surface area contributed by atoms with Crippen LogP contribution in [0.5, 0.6) is 5.75 Å². The molecule has 0 spiro atoms. The lowest BCUT2D eigenvalue weighted by Crippen LogP contribution is -2.12. The number of hydrogen-bond acceptors (Lipinski definition) is 4. The average molecular weight is 369 g/mol. The molecule has 0 aliphatic carbocycles. The summed E-state index contributed by atoms with van der Waals surface area (Å²) in [6.07, 6.45) is 0. The van der Waals surface area contributed by atoms with Crippen LogP contribution in [-0.4, -0.2) is 12.0 Å². The molecule has 0 aliphatic rings. The van der Waals surface area contributed by atoms with Gasteiger partial charge in [-0.15, -0.1) is 11.3 Å². The molecule has 0 unspecified atom stereocenters. The number of rotatable bonds is 5. The number of aromatic nitrogens is 1. The molecule has 0 atom stereocenters. The smallest absolute Gasteiger partial charge is 0.140 e. The van der Waals surface area contributed by atoms with Gasteiger partial charge in [0.25, 0.3) is 0 Å². The van der Waals surface area contributed by atoms with Gasteiger partial charge in [0.1, 0.15) is 17.4 Å². The first-order valence-corrected chi connectivity index (χ1v) is 8.58. The fraction of sp³-hybridized carbons (Fsp3) is 0.438. The Bertz CT molecular complexity index is 605. The Labute approximate surface area is 138 Å². The number of ether oxygens (including phenoxy) is 1. The van der Waals surface area contributed by atoms with Crippen LogP contribution in [-0.2, 0) is 18.6 Å². The van der Waals surface area contributed by atoms with Gasteiger partial charge < -0.3 is 10.1 Å². The van der Waals surface area contributed by atoms with Crippen LogP contribution in [0.1, 0.15) is 37.0 Å². The van der Waals surface area contributed by atoms with E-state index in [1.807, 2.05) is 19.2 Å². The van der Waals surface area contributed by atoms with Crippen molar-refractivity contribution in [2.45, 2.75) is 39.3 Å². The van der Waals surface area contributed by atoms with Gasteiger partial charge in [0.2, 0.25) is 0 Å². The topological polar surface area (TPSA) is 34.1 Å². The van der Waals surface area contributed by atoms with Crippen LogP contribution in [0.2, 0.25) is 0 Å². The zero-order valence-corrected chi connectivity index (χ0v) is 15.3. The van der Waals surface area contributed by atoms with Gasteiger partial charge in [0.15, 0.2) is 0 Å². The number of halogens is 1.